The van der Waals surface area contributed by atoms with Crippen molar-refractivity contribution in [2.45, 2.75) is 45.3 Å². The van der Waals surface area contributed by atoms with Gasteiger partial charge in [-0.15, -0.1) is 0 Å². The van der Waals surface area contributed by atoms with Crippen LogP contribution in [0.5, 0.6) is 0 Å². The van der Waals surface area contributed by atoms with Crippen LogP contribution in [0.4, 0.5) is 31.2 Å². The second-order valence-corrected chi connectivity index (χ2v) is 12.0. The Hall–Kier alpha value is -4.85. The predicted octanol–water partition coefficient (Wildman–Crippen LogP) is 5.08. The number of urea groups is 1. The first kappa shape index (κ1) is 30.2. The van der Waals surface area contributed by atoms with Gasteiger partial charge >= 0.3 is 12.1 Å². The Morgan fingerprint density at radius 1 is 0.933 bits per heavy atom. The number of carbonyl (C=O) groups excluding carboxylic acids is 2. The number of nitrogens with zero attached hydrogens (tertiary/aromatic N) is 7. The summed E-state index contributed by atoms with van der Waals surface area (Å²) in [5.41, 5.74) is 1.88. The highest BCUT2D eigenvalue weighted by Crippen LogP contribution is 2.32. The summed E-state index contributed by atoms with van der Waals surface area (Å²) in [5, 5.41) is 11.0. The fourth-order valence-corrected chi connectivity index (χ4v) is 5.39. The number of amides is 3. The lowest BCUT2D eigenvalue weighted by molar-refractivity contribution is 0.0186. The molecule has 0 unspecified atom stereocenters. The fourth-order valence-electron chi connectivity index (χ4n) is 5.39. The number of likely N-dealkylation sites (tertiary alicyclic amines) is 1. The van der Waals surface area contributed by atoms with E-state index in [9.17, 15) is 14.0 Å². The molecule has 4 aromatic rings. The molecule has 3 amide bonds. The smallest absolute Gasteiger partial charge is 0.410 e. The number of ether oxygens (including phenoxy) is 2. The van der Waals surface area contributed by atoms with E-state index in [0.29, 0.717) is 56.6 Å². The van der Waals surface area contributed by atoms with Crippen molar-refractivity contribution in [2.75, 3.05) is 54.9 Å². The summed E-state index contributed by atoms with van der Waals surface area (Å²) in [6, 6.07) is 9.41. The molecular weight excluding hydrogens is 581 g/mol. The first-order chi connectivity index (χ1) is 21.6. The Morgan fingerprint density at radius 2 is 1.62 bits per heavy atom. The van der Waals surface area contributed by atoms with Gasteiger partial charge in [-0.25, -0.2) is 29.2 Å². The lowest BCUT2D eigenvalue weighted by Crippen LogP contribution is -2.42. The van der Waals surface area contributed by atoms with Gasteiger partial charge in [-0.05, 0) is 70.0 Å². The molecule has 236 valence electrons. The van der Waals surface area contributed by atoms with Crippen LogP contribution >= 0.6 is 0 Å². The van der Waals surface area contributed by atoms with Crippen LogP contribution < -0.4 is 15.5 Å². The molecule has 0 bridgehead atoms. The maximum atomic E-state index is 13.1. The molecule has 6 rings (SSSR count). The van der Waals surface area contributed by atoms with Crippen molar-refractivity contribution in [1.82, 2.24) is 29.6 Å². The number of anilines is 3. The summed E-state index contributed by atoms with van der Waals surface area (Å²) in [7, 11) is 0. The van der Waals surface area contributed by atoms with Crippen molar-refractivity contribution >= 4 is 40.4 Å². The zero-order chi connectivity index (χ0) is 31.6. The summed E-state index contributed by atoms with van der Waals surface area (Å²) in [6.07, 6.45) is 4.21. The van der Waals surface area contributed by atoms with Gasteiger partial charge in [-0.1, -0.05) is 0 Å². The molecule has 1 aromatic carbocycles. The van der Waals surface area contributed by atoms with Crippen molar-refractivity contribution < 1.29 is 23.5 Å². The Morgan fingerprint density at radius 3 is 2.29 bits per heavy atom. The van der Waals surface area contributed by atoms with E-state index in [1.54, 1.807) is 17.0 Å². The summed E-state index contributed by atoms with van der Waals surface area (Å²) >= 11 is 0. The molecule has 45 heavy (non-hydrogen) atoms. The molecule has 0 radical (unpaired) electrons. The molecule has 13 nitrogen and oxygen atoms in total. The molecule has 0 aliphatic carbocycles. The average molecular weight is 618 g/mol. The molecule has 14 heteroatoms. The van der Waals surface area contributed by atoms with E-state index in [2.05, 4.69) is 20.5 Å². The van der Waals surface area contributed by atoms with Gasteiger partial charge in [0.25, 0.3) is 0 Å². The topological polar surface area (TPSA) is 140 Å². The zero-order valence-electron chi connectivity index (χ0n) is 25.5. The van der Waals surface area contributed by atoms with Crippen LogP contribution in [0.1, 0.15) is 39.7 Å². The molecule has 2 aliphatic heterocycles. The van der Waals surface area contributed by atoms with Gasteiger partial charge in [0.1, 0.15) is 11.4 Å². The molecule has 2 saturated heterocycles. The summed E-state index contributed by atoms with van der Waals surface area (Å²) < 4.78 is 26.2. The minimum Gasteiger partial charge on any atom is -0.444 e. The molecule has 0 spiro atoms. The fraction of sp³-hybridized carbons (Fsp3) is 0.419. The number of nitrogens with one attached hydrogen (secondary N) is 2. The first-order valence-electron chi connectivity index (χ1n) is 15.0. The quantitative estimate of drug-likeness (QED) is 0.294. The molecule has 2 N–H and O–H groups in total. The predicted molar refractivity (Wildman–Crippen MR) is 167 cm³/mol. The van der Waals surface area contributed by atoms with Gasteiger partial charge in [0, 0.05) is 37.4 Å². The molecule has 0 atom stereocenters. The highest BCUT2D eigenvalue weighted by atomic mass is 19.1. The maximum absolute atomic E-state index is 13.1. The Labute approximate surface area is 259 Å². The second kappa shape index (κ2) is 12.6. The molecule has 3 aromatic heterocycles. The number of pyridine rings is 1. The van der Waals surface area contributed by atoms with Gasteiger partial charge in [-0.2, -0.15) is 9.49 Å². The van der Waals surface area contributed by atoms with Crippen LogP contribution in [0.25, 0.3) is 22.4 Å². The van der Waals surface area contributed by atoms with Crippen molar-refractivity contribution in [1.29, 1.82) is 0 Å². The van der Waals surface area contributed by atoms with Crippen LogP contribution in [-0.2, 0) is 9.47 Å². The highest BCUT2D eigenvalue weighted by molar-refractivity contribution is 5.99. The lowest BCUT2D eigenvalue weighted by Gasteiger charge is -2.33. The van der Waals surface area contributed by atoms with E-state index in [0.717, 1.165) is 35.3 Å². The van der Waals surface area contributed by atoms with Crippen molar-refractivity contribution in [3.05, 3.63) is 54.7 Å². The normalized spacial score (nSPS) is 16.1. The number of benzene rings is 1. The van der Waals surface area contributed by atoms with Crippen molar-refractivity contribution in [3.63, 3.8) is 0 Å². The van der Waals surface area contributed by atoms with Crippen molar-refractivity contribution in [2.24, 2.45) is 0 Å². The molecule has 2 aliphatic rings. The van der Waals surface area contributed by atoms with Gasteiger partial charge < -0.3 is 29.9 Å². The van der Waals surface area contributed by atoms with Crippen LogP contribution in [0, 0.1) is 5.95 Å². The minimum atomic E-state index is -0.625. The number of rotatable bonds is 5. The van der Waals surface area contributed by atoms with E-state index in [1.807, 2.05) is 43.8 Å². The summed E-state index contributed by atoms with van der Waals surface area (Å²) in [6.45, 7) is 9.34. The molecular formula is C31H36FN9O4. The molecule has 0 saturated carbocycles. The van der Waals surface area contributed by atoms with Crippen LogP contribution in [-0.4, -0.2) is 86.8 Å². The number of morpholine rings is 1. The highest BCUT2D eigenvalue weighted by Gasteiger charge is 2.30. The third kappa shape index (κ3) is 7.11. The molecule has 5 heterocycles. The number of aromatic nitrogens is 5. The van der Waals surface area contributed by atoms with Crippen LogP contribution in [0.2, 0.25) is 0 Å². The Kier molecular flexibility index (Phi) is 8.48. The monoisotopic (exact) mass is 617 g/mol. The van der Waals surface area contributed by atoms with Gasteiger partial charge in [-0.3, -0.25) is 0 Å². The first-order valence-corrected chi connectivity index (χ1v) is 15.0. The third-order valence-corrected chi connectivity index (χ3v) is 7.59. The number of piperidine rings is 1. The summed E-state index contributed by atoms with van der Waals surface area (Å²) in [5.74, 6) is 0.705. The minimum absolute atomic E-state index is 0.0582. The number of halogens is 1. The number of hydrogen-bond acceptors (Lipinski definition) is 9. The Bertz CT molecular complexity index is 1660. The number of fused-ring (bicyclic) bond motifs is 1. The average Bonchev–Trinajstić information content (AvgIpc) is 3.46. The van der Waals surface area contributed by atoms with Gasteiger partial charge in [0.15, 0.2) is 11.5 Å². The third-order valence-electron chi connectivity index (χ3n) is 7.59. The maximum Gasteiger partial charge on any atom is 0.410 e. The largest absolute Gasteiger partial charge is 0.444 e. The van der Waals surface area contributed by atoms with E-state index < -0.39 is 17.6 Å². The van der Waals surface area contributed by atoms with E-state index in [4.69, 9.17) is 24.5 Å². The zero-order valence-corrected chi connectivity index (χ0v) is 25.5. The van der Waals surface area contributed by atoms with E-state index in [1.165, 1.54) is 18.3 Å². The van der Waals surface area contributed by atoms with E-state index in [-0.39, 0.29) is 12.1 Å². The SMILES string of the molecule is CC(C)(C)OC(=O)N1CCC(n2ncc3c(N4CCOCC4)nc(-c4ccc(NC(=O)Nc5ccc(F)nc5)cc4)nc32)CC1. The van der Waals surface area contributed by atoms with Gasteiger partial charge in [0.2, 0.25) is 5.95 Å². The lowest BCUT2D eigenvalue weighted by atomic mass is 10.1. The van der Waals surface area contributed by atoms with Crippen LogP contribution in [0.3, 0.4) is 0 Å². The van der Waals surface area contributed by atoms with Crippen LogP contribution in [0.15, 0.2) is 48.8 Å². The number of hydrogen-bond donors (Lipinski definition) is 2. The van der Waals surface area contributed by atoms with Crippen molar-refractivity contribution in [3.8, 4) is 11.4 Å². The second-order valence-electron chi connectivity index (χ2n) is 12.0. The summed E-state index contributed by atoms with van der Waals surface area (Å²) in [4.78, 5) is 42.5. The van der Waals surface area contributed by atoms with Gasteiger partial charge in [0.05, 0.1) is 42.7 Å². The molecule has 2 fully saturated rings. The van der Waals surface area contributed by atoms with E-state index >= 15 is 0 Å². The standard InChI is InChI=1S/C31H36FN9O4/c1-31(2,3)45-30(43)40-12-10-23(11-13-40)41-28-24(19-34-41)27(39-14-16-44-17-15-39)37-26(38-28)20-4-6-21(7-5-20)35-29(42)36-22-8-9-25(32)33-18-22/h4-9,18-19,23H,10-17H2,1-3H3,(H2,35,36,42). The number of carbonyl (C=O) groups is 2. The Balaban J connectivity index is 1.23.